The summed E-state index contributed by atoms with van der Waals surface area (Å²) in [4.78, 5) is 12.6. The fourth-order valence-corrected chi connectivity index (χ4v) is 3.58. The lowest BCUT2D eigenvalue weighted by Crippen LogP contribution is -2.21. The van der Waals surface area contributed by atoms with Gasteiger partial charge in [-0.15, -0.1) is 0 Å². The van der Waals surface area contributed by atoms with Crippen LogP contribution in [0.25, 0.3) is 0 Å². The Labute approximate surface area is 180 Å². The maximum atomic E-state index is 12.6. The SMILES string of the molecule is COc1ccccc1C(=O)Oc1ccc2c(c1)OC(N)=C(C#N)C2c1ccc(C)cc1. The van der Waals surface area contributed by atoms with Crippen molar-refractivity contribution in [1.82, 2.24) is 0 Å². The van der Waals surface area contributed by atoms with E-state index in [2.05, 4.69) is 6.07 Å². The van der Waals surface area contributed by atoms with Crippen molar-refractivity contribution < 1.29 is 19.0 Å². The number of fused-ring (bicyclic) bond motifs is 1. The molecule has 2 N–H and O–H groups in total. The number of hydrogen-bond donors (Lipinski definition) is 1. The summed E-state index contributed by atoms with van der Waals surface area (Å²) < 4.78 is 16.5. The number of allylic oxidation sites excluding steroid dienone is 1. The van der Waals surface area contributed by atoms with Crippen molar-refractivity contribution in [3.63, 3.8) is 0 Å². The maximum absolute atomic E-state index is 12.6. The predicted molar refractivity (Wildman–Crippen MR) is 115 cm³/mol. The molecule has 0 saturated heterocycles. The lowest BCUT2D eigenvalue weighted by Gasteiger charge is -2.26. The highest BCUT2D eigenvalue weighted by Crippen LogP contribution is 2.43. The van der Waals surface area contributed by atoms with Crippen LogP contribution in [0.2, 0.25) is 0 Å². The van der Waals surface area contributed by atoms with Crippen molar-refractivity contribution in [3.8, 4) is 23.3 Å². The predicted octanol–water partition coefficient (Wildman–Crippen LogP) is 4.44. The molecule has 154 valence electrons. The number of esters is 1. The molecule has 6 nitrogen and oxygen atoms in total. The molecule has 3 aromatic rings. The van der Waals surface area contributed by atoms with E-state index in [0.717, 1.165) is 16.7 Å². The van der Waals surface area contributed by atoms with E-state index < -0.39 is 5.97 Å². The molecule has 1 unspecified atom stereocenters. The zero-order valence-electron chi connectivity index (χ0n) is 17.1. The Morgan fingerprint density at radius 1 is 1.10 bits per heavy atom. The number of nitriles is 1. The van der Waals surface area contributed by atoms with Gasteiger partial charge in [0.2, 0.25) is 5.88 Å². The van der Waals surface area contributed by atoms with E-state index >= 15 is 0 Å². The fourth-order valence-electron chi connectivity index (χ4n) is 3.58. The second-order valence-corrected chi connectivity index (χ2v) is 7.12. The van der Waals surface area contributed by atoms with Crippen LogP contribution in [0, 0.1) is 18.3 Å². The number of benzene rings is 3. The minimum atomic E-state index is -0.551. The lowest BCUT2D eigenvalue weighted by atomic mass is 9.83. The van der Waals surface area contributed by atoms with Gasteiger partial charge in [0.05, 0.1) is 13.0 Å². The number of aryl methyl sites for hydroxylation is 1. The summed E-state index contributed by atoms with van der Waals surface area (Å²) in [6.45, 7) is 2.00. The molecule has 0 saturated carbocycles. The van der Waals surface area contributed by atoms with Crippen LogP contribution in [-0.2, 0) is 0 Å². The largest absolute Gasteiger partial charge is 0.496 e. The number of hydrogen-bond acceptors (Lipinski definition) is 6. The van der Waals surface area contributed by atoms with Crippen LogP contribution in [-0.4, -0.2) is 13.1 Å². The molecular formula is C25H20N2O4. The summed E-state index contributed by atoms with van der Waals surface area (Å²) in [5.41, 5.74) is 9.52. The zero-order chi connectivity index (χ0) is 22.0. The maximum Gasteiger partial charge on any atom is 0.347 e. The molecule has 0 spiro atoms. The molecule has 31 heavy (non-hydrogen) atoms. The Bertz CT molecular complexity index is 1220. The molecule has 0 amide bonds. The molecule has 4 rings (SSSR count). The third kappa shape index (κ3) is 3.81. The first-order valence-electron chi connectivity index (χ1n) is 9.65. The van der Waals surface area contributed by atoms with Crippen molar-refractivity contribution >= 4 is 5.97 Å². The number of para-hydroxylation sites is 1. The average Bonchev–Trinajstić information content (AvgIpc) is 2.78. The highest BCUT2D eigenvalue weighted by molar-refractivity contribution is 5.94. The van der Waals surface area contributed by atoms with Gasteiger partial charge >= 0.3 is 5.97 Å². The molecule has 1 atom stereocenters. The van der Waals surface area contributed by atoms with E-state index in [9.17, 15) is 10.1 Å². The minimum Gasteiger partial charge on any atom is -0.496 e. The van der Waals surface area contributed by atoms with Gasteiger partial charge in [0, 0.05) is 11.6 Å². The quantitative estimate of drug-likeness (QED) is 0.503. The number of nitrogens with zero attached hydrogens (tertiary/aromatic N) is 1. The smallest absolute Gasteiger partial charge is 0.347 e. The Kier molecular flexibility index (Phi) is 5.33. The van der Waals surface area contributed by atoms with Gasteiger partial charge in [-0.3, -0.25) is 0 Å². The molecule has 0 aliphatic carbocycles. The second-order valence-electron chi connectivity index (χ2n) is 7.12. The Hall–Kier alpha value is -4.24. The average molecular weight is 412 g/mol. The number of ether oxygens (including phenoxy) is 3. The topological polar surface area (TPSA) is 94.6 Å². The van der Waals surface area contributed by atoms with Crippen molar-refractivity contribution in [1.29, 1.82) is 5.26 Å². The van der Waals surface area contributed by atoms with Crippen molar-refractivity contribution in [2.75, 3.05) is 7.11 Å². The minimum absolute atomic E-state index is 0.0359. The van der Waals surface area contributed by atoms with Gasteiger partial charge < -0.3 is 19.9 Å². The molecule has 0 radical (unpaired) electrons. The number of carbonyl (C=O) groups excluding carboxylic acids is 1. The third-order valence-corrected chi connectivity index (χ3v) is 5.14. The van der Waals surface area contributed by atoms with Crippen LogP contribution in [0.3, 0.4) is 0 Å². The van der Waals surface area contributed by atoms with Crippen molar-refractivity contribution in [2.24, 2.45) is 5.73 Å². The first-order valence-corrected chi connectivity index (χ1v) is 9.65. The summed E-state index contributed by atoms with van der Waals surface area (Å²) in [6.07, 6.45) is 0. The molecule has 1 aliphatic heterocycles. The normalized spacial score (nSPS) is 14.8. The lowest BCUT2D eigenvalue weighted by molar-refractivity contribution is 0.0731. The molecule has 1 aliphatic rings. The standard InChI is InChI=1S/C25H20N2O4/c1-15-7-9-16(10-8-15)23-18-12-11-17(13-22(18)31-24(27)20(23)14-26)30-25(28)19-5-3-4-6-21(19)29-2/h3-13,23H,27H2,1-2H3. The van der Waals surface area contributed by atoms with E-state index in [4.69, 9.17) is 19.9 Å². The fraction of sp³-hybridized carbons (Fsp3) is 0.120. The van der Waals surface area contributed by atoms with Crippen LogP contribution in [0.4, 0.5) is 0 Å². The van der Waals surface area contributed by atoms with Gasteiger partial charge in [-0.25, -0.2) is 4.79 Å². The summed E-state index contributed by atoms with van der Waals surface area (Å²) in [6, 6.07) is 22.0. The van der Waals surface area contributed by atoms with Crippen LogP contribution >= 0.6 is 0 Å². The Morgan fingerprint density at radius 3 is 2.55 bits per heavy atom. The summed E-state index contributed by atoms with van der Waals surface area (Å²) in [5, 5.41) is 9.67. The van der Waals surface area contributed by atoms with E-state index in [1.807, 2.05) is 31.2 Å². The highest BCUT2D eigenvalue weighted by Gasteiger charge is 2.31. The van der Waals surface area contributed by atoms with Crippen LogP contribution < -0.4 is 19.9 Å². The van der Waals surface area contributed by atoms with Crippen LogP contribution in [0.5, 0.6) is 17.2 Å². The first kappa shape index (κ1) is 20.0. The van der Waals surface area contributed by atoms with Crippen molar-refractivity contribution in [2.45, 2.75) is 12.8 Å². The molecule has 3 aromatic carbocycles. The second kappa shape index (κ2) is 8.25. The zero-order valence-corrected chi connectivity index (χ0v) is 17.1. The molecule has 0 aromatic heterocycles. The van der Waals surface area contributed by atoms with Gasteiger partial charge in [-0.2, -0.15) is 5.26 Å². The van der Waals surface area contributed by atoms with Gasteiger partial charge in [-0.05, 0) is 30.7 Å². The molecule has 0 fully saturated rings. The van der Waals surface area contributed by atoms with E-state index in [0.29, 0.717) is 28.4 Å². The number of methoxy groups -OCH3 is 1. The van der Waals surface area contributed by atoms with Crippen LogP contribution in [0.1, 0.15) is 33.0 Å². The molecule has 0 bridgehead atoms. The number of rotatable bonds is 4. The van der Waals surface area contributed by atoms with E-state index in [-0.39, 0.29) is 11.8 Å². The monoisotopic (exact) mass is 412 g/mol. The van der Waals surface area contributed by atoms with E-state index in [1.165, 1.54) is 7.11 Å². The first-order chi connectivity index (χ1) is 15.0. The number of nitrogens with two attached hydrogens (primary N) is 1. The van der Waals surface area contributed by atoms with Crippen LogP contribution in [0.15, 0.2) is 78.2 Å². The molecule has 1 heterocycles. The van der Waals surface area contributed by atoms with Gasteiger partial charge in [0.25, 0.3) is 0 Å². The highest BCUT2D eigenvalue weighted by atomic mass is 16.5. The van der Waals surface area contributed by atoms with Crippen molar-refractivity contribution in [3.05, 3.63) is 100 Å². The molecule has 6 heteroatoms. The van der Waals surface area contributed by atoms with Gasteiger partial charge in [0.15, 0.2) is 0 Å². The molecular weight excluding hydrogens is 392 g/mol. The summed E-state index contributed by atoms with van der Waals surface area (Å²) in [7, 11) is 1.49. The number of carbonyl (C=O) groups is 1. The van der Waals surface area contributed by atoms with Gasteiger partial charge in [0.1, 0.15) is 34.5 Å². The Balaban J connectivity index is 1.69. The summed E-state index contributed by atoms with van der Waals surface area (Å²) >= 11 is 0. The Morgan fingerprint density at radius 2 is 1.84 bits per heavy atom. The summed E-state index contributed by atoms with van der Waals surface area (Å²) in [5.74, 6) is 0.275. The van der Waals surface area contributed by atoms with Gasteiger partial charge in [-0.1, -0.05) is 48.0 Å². The third-order valence-electron chi connectivity index (χ3n) is 5.14. The van der Waals surface area contributed by atoms with E-state index in [1.54, 1.807) is 42.5 Å².